The minimum atomic E-state index is -6.99. The summed E-state index contributed by atoms with van der Waals surface area (Å²) in [5.74, 6) is 0. The average molecular weight is 355 g/mol. The van der Waals surface area contributed by atoms with E-state index in [1.165, 1.54) is 4.74 Å². The molecule has 0 fully saturated rings. The van der Waals surface area contributed by atoms with Crippen LogP contribution in [-0.4, -0.2) is 88.0 Å². The van der Waals surface area contributed by atoms with Crippen LogP contribution in [0.3, 0.4) is 0 Å². The zero-order valence-electron chi connectivity index (χ0n) is 8.48. The Morgan fingerprint density at radius 2 is 1.11 bits per heavy atom. The van der Waals surface area contributed by atoms with Crippen LogP contribution in [0.25, 0.3) is 0 Å². The average Bonchev–Trinajstić information content (AvgIpc) is 1.96. The number of alkyl halides is 9. The molecule has 0 saturated carbocycles. The van der Waals surface area contributed by atoms with Crippen LogP contribution in [0.15, 0.2) is 0 Å². The van der Waals surface area contributed by atoms with Gasteiger partial charge in [0, 0.05) is 51.4 Å². The predicted octanol–water partition coefficient (Wildman–Crippen LogP) is 1.85. The van der Waals surface area contributed by atoms with E-state index in [0.29, 0.717) is 0 Å². The van der Waals surface area contributed by atoms with Crippen LogP contribution in [0.5, 0.6) is 0 Å². The summed E-state index contributed by atoms with van der Waals surface area (Å²) in [4.78, 5) is 0. The Kier molecular flexibility index (Phi) is 6.92. The van der Waals surface area contributed by atoms with Crippen molar-refractivity contribution in [2.75, 3.05) is 0 Å². The fraction of sp³-hybridized carbons (Fsp3) is 1.00. The fourth-order valence-corrected chi connectivity index (χ4v) is 0.770. The second-order valence-electron chi connectivity index (χ2n) is 2.63. The molecule has 0 spiro atoms. The van der Waals surface area contributed by atoms with E-state index in [1.54, 1.807) is 0 Å². The molecule has 0 aliphatic heterocycles. The maximum absolute atomic E-state index is 12.2. The van der Waals surface area contributed by atoms with Crippen LogP contribution in [0.1, 0.15) is 0 Å². The van der Waals surface area contributed by atoms with Gasteiger partial charge in [-0.15, -0.1) is 0 Å². The van der Waals surface area contributed by atoms with Crippen molar-refractivity contribution in [1.29, 1.82) is 0 Å². The van der Waals surface area contributed by atoms with Gasteiger partial charge in [0.1, 0.15) is 0 Å². The molecule has 1 radical (unpaired) electrons. The van der Waals surface area contributed by atoms with E-state index in [2.05, 4.69) is 0 Å². The summed E-state index contributed by atoms with van der Waals surface area (Å²) in [6, 6.07) is 0. The summed E-state index contributed by atoms with van der Waals surface area (Å²) < 4.78 is 135. The van der Waals surface area contributed by atoms with Gasteiger partial charge in [0.15, 0.2) is 0 Å². The van der Waals surface area contributed by atoms with Crippen LogP contribution >= 0.6 is 0 Å². The second kappa shape index (κ2) is 5.94. The standard InChI is InChI=1S/C4HF9O4S.K/c5-1(6,7)2(8,9)17-3(10,11)4(12,13)18(14,15)16;/h(H,14,15,16);. The number of rotatable bonds is 4. The molecule has 19 heavy (non-hydrogen) atoms. The van der Waals surface area contributed by atoms with Gasteiger partial charge in [0.25, 0.3) is 0 Å². The van der Waals surface area contributed by atoms with E-state index in [9.17, 15) is 47.9 Å². The van der Waals surface area contributed by atoms with Gasteiger partial charge in [0.2, 0.25) is 0 Å². The van der Waals surface area contributed by atoms with Gasteiger partial charge in [-0.3, -0.25) is 4.55 Å². The van der Waals surface area contributed by atoms with Crippen molar-refractivity contribution in [3.63, 3.8) is 0 Å². The van der Waals surface area contributed by atoms with Crippen molar-refractivity contribution in [2.24, 2.45) is 0 Å². The Morgan fingerprint density at radius 1 is 0.789 bits per heavy atom. The van der Waals surface area contributed by atoms with Gasteiger partial charge >= 0.3 is 33.8 Å². The maximum atomic E-state index is 12.2. The van der Waals surface area contributed by atoms with Crippen molar-refractivity contribution in [2.45, 2.75) is 23.6 Å². The summed E-state index contributed by atoms with van der Waals surface area (Å²) in [6.07, 6.45) is -20.4. The minimum Gasteiger partial charge on any atom is -0.281 e. The molecule has 0 bridgehead atoms. The normalized spacial score (nSPS) is 15.1. The molecule has 111 valence electrons. The Labute approximate surface area is 141 Å². The number of halogens is 9. The SMILES string of the molecule is O=S(=O)(O)C(F)(F)C(F)(F)OC(F)(F)C(F)(F)F.[K]. The van der Waals surface area contributed by atoms with Gasteiger partial charge < -0.3 is 0 Å². The summed E-state index contributed by atoms with van der Waals surface area (Å²) >= 11 is 0. The molecular weight excluding hydrogens is 354 g/mol. The van der Waals surface area contributed by atoms with E-state index in [4.69, 9.17) is 4.55 Å². The number of hydrogen-bond donors (Lipinski definition) is 1. The molecule has 0 rings (SSSR count). The zero-order chi connectivity index (χ0) is 15.2. The molecule has 0 saturated heterocycles. The van der Waals surface area contributed by atoms with Gasteiger partial charge in [-0.25, -0.2) is 4.74 Å². The Bertz CT molecular complexity index is 414. The fourth-order valence-electron chi connectivity index (χ4n) is 0.428. The molecule has 0 aromatic heterocycles. The first kappa shape index (κ1) is 22.2. The van der Waals surface area contributed by atoms with Crippen LogP contribution in [0.4, 0.5) is 39.5 Å². The molecule has 0 atom stereocenters. The molecule has 0 aliphatic carbocycles. The first-order valence-corrected chi connectivity index (χ1v) is 4.77. The molecule has 1 N–H and O–H groups in total. The predicted molar refractivity (Wildman–Crippen MR) is 39.3 cm³/mol. The third kappa shape index (κ3) is 4.68. The van der Waals surface area contributed by atoms with Crippen LogP contribution in [-0.2, 0) is 14.9 Å². The van der Waals surface area contributed by atoms with Crippen molar-refractivity contribution in [3.8, 4) is 0 Å². The molecule has 0 heterocycles. The third-order valence-electron chi connectivity index (χ3n) is 1.25. The van der Waals surface area contributed by atoms with Crippen molar-refractivity contribution >= 4 is 61.5 Å². The smallest absolute Gasteiger partial charge is 0.281 e. The van der Waals surface area contributed by atoms with Crippen molar-refractivity contribution in [1.82, 2.24) is 0 Å². The van der Waals surface area contributed by atoms with E-state index in [0.717, 1.165) is 0 Å². The summed E-state index contributed by atoms with van der Waals surface area (Å²) in [6.45, 7) is 0. The second-order valence-corrected chi connectivity index (χ2v) is 4.09. The summed E-state index contributed by atoms with van der Waals surface area (Å²) in [5, 5.41) is -6.70. The summed E-state index contributed by atoms with van der Waals surface area (Å²) in [7, 11) is -6.99. The van der Waals surface area contributed by atoms with Gasteiger partial charge in [-0.2, -0.15) is 47.9 Å². The van der Waals surface area contributed by atoms with Crippen molar-refractivity contribution < 1.29 is 57.2 Å². The Hall–Kier alpha value is 0.876. The van der Waals surface area contributed by atoms with E-state index in [1.807, 2.05) is 0 Å². The van der Waals surface area contributed by atoms with E-state index < -0.39 is 33.8 Å². The molecule has 0 aliphatic rings. The van der Waals surface area contributed by atoms with Crippen molar-refractivity contribution in [3.05, 3.63) is 0 Å². The first-order chi connectivity index (χ1) is 7.46. The van der Waals surface area contributed by atoms with Crippen LogP contribution < -0.4 is 0 Å². The number of ether oxygens (including phenoxy) is 1. The maximum Gasteiger partial charge on any atom is 0.483 e. The van der Waals surface area contributed by atoms with Crippen LogP contribution in [0, 0.1) is 0 Å². The quantitative estimate of drug-likeness (QED) is 0.475. The van der Waals surface area contributed by atoms with E-state index >= 15 is 0 Å². The topological polar surface area (TPSA) is 63.6 Å². The van der Waals surface area contributed by atoms with Gasteiger partial charge in [0.05, 0.1) is 0 Å². The first-order valence-electron chi connectivity index (χ1n) is 3.33. The van der Waals surface area contributed by atoms with Gasteiger partial charge in [-0.05, 0) is 0 Å². The van der Waals surface area contributed by atoms with Crippen LogP contribution in [0.2, 0.25) is 0 Å². The molecule has 0 aromatic carbocycles. The molecule has 0 aromatic rings. The monoisotopic (exact) mass is 355 g/mol. The van der Waals surface area contributed by atoms with Gasteiger partial charge in [-0.1, -0.05) is 0 Å². The third-order valence-corrected chi connectivity index (χ3v) is 2.13. The molecular formula is C4HF9KO4S. The number of hydrogen-bond acceptors (Lipinski definition) is 3. The largest absolute Gasteiger partial charge is 0.483 e. The zero-order valence-corrected chi connectivity index (χ0v) is 12.4. The molecule has 4 nitrogen and oxygen atoms in total. The van der Waals surface area contributed by atoms with E-state index in [-0.39, 0.29) is 51.4 Å². The Morgan fingerprint density at radius 3 is 1.32 bits per heavy atom. The summed E-state index contributed by atoms with van der Waals surface area (Å²) in [5.41, 5.74) is 0. The molecule has 0 unspecified atom stereocenters. The Balaban J connectivity index is 0. The molecule has 0 amide bonds. The minimum absolute atomic E-state index is 0. The molecule has 15 heteroatoms.